The number of amides is 1. The van der Waals surface area contributed by atoms with Crippen LogP contribution in [0.4, 0.5) is 0 Å². The molecule has 0 spiro atoms. The summed E-state index contributed by atoms with van der Waals surface area (Å²) in [7, 11) is 0. The standard InChI is InChI=1S/C11H9N3O2/c12-4-1-5-14-11(16)9-6-8(7-13)2-3-10(9)15/h2-3,6,15H,1,5H2,(H,14,16). The van der Waals surface area contributed by atoms with Gasteiger partial charge in [0.05, 0.1) is 29.7 Å². The van der Waals surface area contributed by atoms with Gasteiger partial charge in [0.2, 0.25) is 0 Å². The van der Waals surface area contributed by atoms with Crippen LogP contribution in [0.2, 0.25) is 0 Å². The third kappa shape index (κ3) is 2.73. The predicted molar refractivity (Wildman–Crippen MR) is 55.4 cm³/mol. The molecule has 0 bridgehead atoms. The average molecular weight is 215 g/mol. The third-order valence-corrected chi connectivity index (χ3v) is 1.89. The van der Waals surface area contributed by atoms with Crippen LogP contribution in [-0.2, 0) is 0 Å². The number of hydrogen-bond donors (Lipinski definition) is 2. The molecule has 16 heavy (non-hydrogen) atoms. The van der Waals surface area contributed by atoms with Crippen molar-refractivity contribution in [3.63, 3.8) is 0 Å². The molecule has 0 atom stereocenters. The van der Waals surface area contributed by atoms with Gasteiger partial charge in [0, 0.05) is 6.54 Å². The molecular formula is C11H9N3O2. The maximum atomic E-state index is 11.5. The van der Waals surface area contributed by atoms with Crippen molar-refractivity contribution >= 4 is 5.91 Å². The fourth-order valence-electron chi connectivity index (χ4n) is 1.11. The van der Waals surface area contributed by atoms with Gasteiger partial charge in [0.25, 0.3) is 5.91 Å². The number of benzene rings is 1. The molecule has 80 valence electrons. The number of phenols is 1. The van der Waals surface area contributed by atoms with E-state index in [9.17, 15) is 9.90 Å². The van der Waals surface area contributed by atoms with E-state index in [4.69, 9.17) is 10.5 Å². The van der Waals surface area contributed by atoms with Gasteiger partial charge in [-0.2, -0.15) is 10.5 Å². The molecule has 0 aromatic heterocycles. The first kappa shape index (κ1) is 11.5. The molecule has 1 aromatic rings. The van der Waals surface area contributed by atoms with Gasteiger partial charge in [-0.15, -0.1) is 0 Å². The second-order valence-corrected chi connectivity index (χ2v) is 3.01. The second-order valence-electron chi connectivity index (χ2n) is 3.01. The topological polar surface area (TPSA) is 96.9 Å². The Morgan fingerprint density at radius 2 is 2.19 bits per heavy atom. The minimum atomic E-state index is -0.496. The molecule has 0 aliphatic rings. The van der Waals surface area contributed by atoms with Gasteiger partial charge in [-0.1, -0.05) is 0 Å². The van der Waals surface area contributed by atoms with Crippen molar-refractivity contribution in [1.82, 2.24) is 5.32 Å². The van der Waals surface area contributed by atoms with Crippen LogP contribution in [0.25, 0.3) is 0 Å². The Balaban J connectivity index is 2.83. The van der Waals surface area contributed by atoms with Gasteiger partial charge in [0.15, 0.2) is 0 Å². The smallest absolute Gasteiger partial charge is 0.255 e. The summed E-state index contributed by atoms with van der Waals surface area (Å²) in [6.45, 7) is 0.214. The van der Waals surface area contributed by atoms with Gasteiger partial charge in [-0.3, -0.25) is 4.79 Å². The highest BCUT2D eigenvalue weighted by molar-refractivity contribution is 5.97. The van der Waals surface area contributed by atoms with E-state index < -0.39 is 5.91 Å². The highest BCUT2D eigenvalue weighted by Crippen LogP contribution is 2.17. The van der Waals surface area contributed by atoms with E-state index in [0.29, 0.717) is 5.56 Å². The molecule has 0 saturated carbocycles. The highest BCUT2D eigenvalue weighted by atomic mass is 16.3. The molecule has 0 radical (unpaired) electrons. The molecule has 0 aliphatic heterocycles. The van der Waals surface area contributed by atoms with Crippen LogP contribution in [0.1, 0.15) is 22.3 Å². The maximum absolute atomic E-state index is 11.5. The van der Waals surface area contributed by atoms with Gasteiger partial charge in [0.1, 0.15) is 5.75 Å². The molecule has 0 unspecified atom stereocenters. The van der Waals surface area contributed by atoms with Crippen LogP contribution in [0.15, 0.2) is 18.2 Å². The molecular weight excluding hydrogens is 206 g/mol. The number of nitriles is 2. The summed E-state index contributed by atoms with van der Waals surface area (Å²) in [5.41, 5.74) is 0.334. The maximum Gasteiger partial charge on any atom is 0.255 e. The lowest BCUT2D eigenvalue weighted by molar-refractivity contribution is 0.0952. The number of phenolic OH excluding ortho intramolecular Hbond substituents is 1. The van der Waals surface area contributed by atoms with Gasteiger partial charge >= 0.3 is 0 Å². The summed E-state index contributed by atoms with van der Waals surface area (Å²) in [6, 6.07) is 7.77. The first-order chi connectivity index (χ1) is 7.69. The molecule has 0 fully saturated rings. The van der Waals surface area contributed by atoms with Crippen molar-refractivity contribution < 1.29 is 9.90 Å². The van der Waals surface area contributed by atoms with E-state index in [1.54, 1.807) is 0 Å². The Morgan fingerprint density at radius 3 is 2.81 bits per heavy atom. The quantitative estimate of drug-likeness (QED) is 0.732. The largest absolute Gasteiger partial charge is 0.507 e. The Bertz CT molecular complexity index is 483. The Hall–Kier alpha value is -2.53. The van der Waals surface area contributed by atoms with Crippen molar-refractivity contribution in [2.75, 3.05) is 6.54 Å². The SMILES string of the molecule is N#CCCNC(=O)c1cc(C#N)ccc1O. The summed E-state index contributed by atoms with van der Waals surface area (Å²) in [5.74, 6) is -0.682. The van der Waals surface area contributed by atoms with Gasteiger partial charge < -0.3 is 10.4 Å². The van der Waals surface area contributed by atoms with E-state index in [0.717, 1.165) is 0 Å². The second kappa shape index (κ2) is 5.38. The first-order valence-corrected chi connectivity index (χ1v) is 4.57. The van der Waals surface area contributed by atoms with Crippen LogP contribution in [0.5, 0.6) is 5.75 Å². The molecule has 0 heterocycles. The van der Waals surface area contributed by atoms with Crippen LogP contribution in [0.3, 0.4) is 0 Å². The van der Waals surface area contributed by atoms with Gasteiger partial charge in [-0.05, 0) is 18.2 Å². The zero-order valence-corrected chi connectivity index (χ0v) is 8.40. The summed E-state index contributed by atoms with van der Waals surface area (Å²) >= 11 is 0. The Kier molecular flexibility index (Phi) is 3.88. The first-order valence-electron chi connectivity index (χ1n) is 4.57. The third-order valence-electron chi connectivity index (χ3n) is 1.89. The number of hydrogen-bond acceptors (Lipinski definition) is 4. The minimum absolute atomic E-state index is 0.0389. The molecule has 5 nitrogen and oxygen atoms in total. The zero-order chi connectivity index (χ0) is 12.0. The van der Waals surface area contributed by atoms with Crippen LogP contribution < -0.4 is 5.32 Å². The zero-order valence-electron chi connectivity index (χ0n) is 8.40. The van der Waals surface area contributed by atoms with Crippen molar-refractivity contribution in [2.24, 2.45) is 0 Å². The average Bonchev–Trinajstić information content (AvgIpc) is 2.30. The predicted octanol–water partition coefficient (Wildman–Crippen LogP) is 0.907. The Labute approximate surface area is 92.5 Å². The number of carbonyl (C=O) groups excluding carboxylic acids is 1. The number of aromatic hydroxyl groups is 1. The number of nitrogens with one attached hydrogen (secondary N) is 1. The lowest BCUT2D eigenvalue weighted by Crippen LogP contribution is -2.24. The normalized spacial score (nSPS) is 8.88. The Morgan fingerprint density at radius 1 is 1.44 bits per heavy atom. The van der Waals surface area contributed by atoms with Crippen LogP contribution in [-0.4, -0.2) is 17.6 Å². The molecule has 1 aromatic carbocycles. The highest BCUT2D eigenvalue weighted by Gasteiger charge is 2.11. The van der Waals surface area contributed by atoms with Crippen molar-refractivity contribution in [1.29, 1.82) is 10.5 Å². The lowest BCUT2D eigenvalue weighted by atomic mass is 10.1. The number of carbonyl (C=O) groups is 1. The van der Waals surface area contributed by atoms with Crippen molar-refractivity contribution in [3.8, 4) is 17.9 Å². The monoisotopic (exact) mass is 215 g/mol. The van der Waals surface area contributed by atoms with Gasteiger partial charge in [-0.25, -0.2) is 0 Å². The number of rotatable bonds is 3. The molecule has 0 saturated heterocycles. The minimum Gasteiger partial charge on any atom is -0.507 e. The van der Waals surface area contributed by atoms with E-state index in [1.165, 1.54) is 18.2 Å². The fraction of sp³-hybridized carbons (Fsp3) is 0.182. The van der Waals surface area contributed by atoms with Crippen LogP contribution >= 0.6 is 0 Å². The lowest BCUT2D eigenvalue weighted by Gasteiger charge is -2.05. The van der Waals surface area contributed by atoms with E-state index >= 15 is 0 Å². The van der Waals surface area contributed by atoms with Crippen molar-refractivity contribution in [3.05, 3.63) is 29.3 Å². The summed E-state index contributed by atoms with van der Waals surface area (Å²) < 4.78 is 0. The van der Waals surface area contributed by atoms with E-state index in [-0.39, 0.29) is 24.3 Å². The molecule has 0 aliphatic carbocycles. The molecule has 2 N–H and O–H groups in total. The summed E-state index contributed by atoms with van der Waals surface area (Å²) in [4.78, 5) is 11.5. The number of nitrogens with zero attached hydrogens (tertiary/aromatic N) is 2. The van der Waals surface area contributed by atoms with E-state index in [2.05, 4.69) is 5.32 Å². The molecule has 1 amide bonds. The summed E-state index contributed by atoms with van der Waals surface area (Å²) in [6.07, 6.45) is 0.199. The van der Waals surface area contributed by atoms with Crippen molar-refractivity contribution in [2.45, 2.75) is 6.42 Å². The fourth-order valence-corrected chi connectivity index (χ4v) is 1.11. The molecule has 5 heteroatoms. The molecule has 1 rings (SSSR count). The van der Waals surface area contributed by atoms with E-state index in [1.807, 2.05) is 12.1 Å². The van der Waals surface area contributed by atoms with Crippen LogP contribution in [0, 0.1) is 22.7 Å². The summed E-state index contributed by atoms with van der Waals surface area (Å²) in [5, 5.41) is 28.8.